The maximum atomic E-state index is 14.1. The fraction of sp³-hybridized carbons (Fsp3) is 0.125. The summed E-state index contributed by atoms with van der Waals surface area (Å²) >= 11 is 15.0. The summed E-state index contributed by atoms with van der Waals surface area (Å²) in [5, 5.41) is 0. The van der Waals surface area contributed by atoms with Crippen LogP contribution in [0.3, 0.4) is 0 Å². The Kier molecular flexibility index (Phi) is 10.2. The molecule has 0 atom stereocenters. The van der Waals surface area contributed by atoms with Crippen LogP contribution in [0.5, 0.6) is 0 Å². The van der Waals surface area contributed by atoms with Crippen molar-refractivity contribution in [1.82, 2.24) is 0 Å². The molecule has 0 spiro atoms. The highest BCUT2D eigenvalue weighted by molar-refractivity contribution is 9.15. The Morgan fingerprint density at radius 2 is 0.917 bits per heavy atom. The van der Waals surface area contributed by atoms with E-state index in [0.29, 0.717) is 15.6 Å². The van der Waals surface area contributed by atoms with Crippen molar-refractivity contribution in [2.45, 2.75) is 5.60 Å². The maximum absolute atomic E-state index is 14.1. The Labute approximate surface area is 315 Å². The first kappa shape index (κ1) is 34.4. The number of hydrogen-bond donors (Lipinski definition) is 0. The fourth-order valence-electron chi connectivity index (χ4n) is 5.90. The molecule has 8 heteroatoms. The molecule has 0 saturated heterocycles. The summed E-state index contributed by atoms with van der Waals surface area (Å²) in [4.78, 5) is 18.2. The minimum absolute atomic E-state index is 0.427. The number of cyclic esters (lactones) is 1. The molecule has 242 valence electrons. The third kappa shape index (κ3) is 6.60. The second kappa shape index (κ2) is 14.2. The molecule has 0 radical (unpaired) electrons. The van der Waals surface area contributed by atoms with Crippen LogP contribution in [-0.2, 0) is 10.3 Å². The normalized spacial score (nSPS) is 16.0. The lowest BCUT2D eigenvalue weighted by Gasteiger charge is -2.28. The van der Waals surface area contributed by atoms with E-state index in [1.54, 1.807) is 0 Å². The number of halogens is 4. The molecule has 1 aliphatic heterocycles. The Morgan fingerprint density at radius 3 is 1.31 bits per heavy atom. The van der Waals surface area contributed by atoms with Crippen molar-refractivity contribution >= 4 is 92.2 Å². The van der Waals surface area contributed by atoms with Crippen molar-refractivity contribution in [2.75, 3.05) is 38.0 Å². The van der Waals surface area contributed by atoms with Crippen LogP contribution in [0.4, 0.5) is 11.4 Å². The van der Waals surface area contributed by atoms with Crippen molar-refractivity contribution in [1.29, 1.82) is 0 Å². The Bertz CT molecular complexity index is 1930. The summed E-state index contributed by atoms with van der Waals surface area (Å²) < 4.78 is 9.48. The van der Waals surface area contributed by atoms with Gasteiger partial charge in [0.25, 0.3) is 0 Å². The number of nitrogens with zero attached hydrogens (tertiary/aromatic N) is 2. The van der Waals surface area contributed by atoms with Gasteiger partial charge in [-0.2, -0.15) is 0 Å². The van der Waals surface area contributed by atoms with E-state index < -0.39 is 11.6 Å². The number of anilines is 2. The highest BCUT2D eigenvalue weighted by Crippen LogP contribution is 2.53. The lowest BCUT2D eigenvalue weighted by atomic mass is 9.83. The molecule has 5 aromatic rings. The molecular formula is C40H32Br4N2O2. The number of rotatable bonds is 8. The number of esters is 1. The molecule has 4 nitrogen and oxygen atoms in total. The number of carbonyl (C=O) groups is 1. The largest absolute Gasteiger partial charge is 0.442 e. The van der Waals surface area contributed by atoms with Gasteiger partial charge in [-0.3, -0.25) is 0 Å². The highest BCUT2D eigenvalue weighted by Gasteiger charge is 2.48. The lowest BCUT2D eigenvalue weighted by molar-refractivity contribution is 0.0298. The predicted octanol–water partition coefficient (Wildman–Crippen LogP) is 11.5. The predicted molar refractivity (Wildman–Crippen MR) is 213 cm³/mol. The van der Waals surface area contributed by atoms with Gasteiger partial charge in [-0.25, -0.2) is 4.79 Å². The van der Waals surface area contributed by atoms with Crippen LogP contribution in [0.15, 0.2) is 139 Å². The Morgan fingerprint density at radius 1 is 0.542 bits per heavy atom. The molecule has 0 amide bonds. The molecule has 0 N–H and O–H groups in total. The Balaban J connectivity index is 1.73. The molecule has 0 bridgehead atoms. The van der Waals surface area contributed by atoms with Crippen molar-refractivity contribution in [3.63, 3.8) is 0 Å². The van der Waals surface area contributed by atoms with Crippen molar-refractivity contribution < 1.29 is 9.53 Å². The average molecular weight is 892 g/mol. The van der Waals surface area contributed by atoms with Crippen LogP contribution < -0.4 is 9.80 Å². The standard InChI is InChI=1S/C40H32Br4N2O2/c1-45(2)29-19-15-27(16-20-29)31(25-11-7-5-8-12-25)23-40(34-33(39(47)48-40)35(41)37(43)38(44)36(34)42)24-32(26-13-9-6-10-14-26)28-17-21-30(22-18-28)46(3)4/h5-24H,1-4H3/b31-23+,32-24+. The SMILES string of the molecule is CN(C)c1ccc(/C(=C/C2(/C=C(\c3ccccc3)c3ccc(N(C)C)cc3)OC(=O)c3c(Br)c(Br)c(Br)c(Br)c32)c2ccccc2)cc1. The summed E-state index contributed by atoms with van der Waals surface area (Å²) in [6, 6.07) is 37.3. The molecular weight excluding hydrogens is 860 g/mol. The summed E-state index contributed by atoms with van der Waals surface area (Å²) in [7, 11) is 8.11. The van der Waals surface area contributed by atoms with Crippen molar-refractivity contribution in [2.24, 2.45) is 0 Å². The molecule has 0 unspecified atom stereocenters. The molecule has 5 aromatic carbocycles. The average Bonchev–Trinajstić information content (AvgIpc) is 3.39. The first-order valence-corrected chi connectivity index (χ1v) is 18.4. The lowest BCUT2D eigenvalue weighted by Crippen LogP contribution is -2.23. The summed E-state index contributed by atoms with van der Waals surface area (Å²) in [5.41, 5.74) is 7.84. The number of benzene rings is 5. The quantitative estimate of drug-likeness (QED) is 0.0883. The third-order valence-corrected chi connectivity index (χ3v) is 13.2. The summed E-state index contributed by atoms with van der Waals surface area (Å²) in [6.45, 7) is 0. The zero-order valence-electron chi connectivity index (χ0n) is 26.8. The minimum atomic E-state index is -1.33. The summed E-state index contributed by atoms with van der Waals surface area (Å²) in [6.07, 6.45) is 4.18. The van der Waals surface area contributed by atoms with E-state index >= 15 is 0 Å². The van der Waals surface area contributed by atoms with E-state index in [-0.39, 0.29) is 0 Å². The summed E-state index contributed by atoms with van der Waals surface area (Å²) in [5.74, 6) is -0.427. The number of ether oxygens (including phenoxy) is 1. The number of fused-ring (bicyclic) bond motifs is 1. The van der Waals surface area contributed by atoms with E-state index in [4.69, 9.17) is 4.74 Å². The molecule has 6 rings (SSSR count). The van der Waals surface area contributed by atoms with E-state index in [2.05, 4.69) is 158 Å². The van der Waals surface area contributed by atoms with Crippen molar-refractivity contribution in [3.8, 4) is 0 Å². The molecule has 0 saturated carbocycles. The van der Waals surface area contributed by atoms with Gasteiger partial charge >= 0.3 is 5.97 Å². The zero-order chi connectivity index (χ0) is 34.2. The van der Waals surface area contributed by atoms with Gasteiger partial charge in [0.1, 0.15) is 0 Å². The van der Waals surface area contributed by atoms with Crippen LogP contribution in [0.1, 0.15) is 38.2 Å². The minimum Gasteiger partial charge on any atom is -0.442 e. The number of carbonyl (C=O) groups excluding carboxylic acids is 1. The van der Waals surface area contributed by atoms with Crippen LogP contribution in [0, 0.1) is 0 Å². The number of hydrogen-bond acceptors (Lipinski definition) is 4. The van der Waals surface area contributed by atoms with Gasteiger partial charge in [0.15, 0.2) is 5.60 Å². The smallest absolute Gasteiger partial charge is 0.341 e. The first-order valence-electron chi connectivity index (χ1n) is 15.2. The maximum Gasteiger partial charge on any atom is 0.341 e. The van der Waals surface area contributed by atoms with Crippen LogP contribution in [0.25, 0.3) is 11.1 Å². The fourth-order valence-corrected chi connectivity index (χ4v) is 8.49. The molecule has 0 aromatic heterocycles. The van der Waals surface area contributed by atoms with Crippen LogP contribution in [-0.4, -0.2) is 34.2 Å². The topological polar surface area (TPSA) is 32.8 Å². The van der Waals surface area contributed by atoms with E-state index in [0.717, 1.165) is 58.2 Å². The van der Waals surface area contributed by atoms with Gasteiger partial charge in [0.2, 0.25) is 0 Å². The monoisotopic (exact) mass is 888 g/mol. The second-order valence-corrected chi connectivity index (χ2v) is 15.1. The highest BCUT2D eigenvalue weighted by atomic mass is 79.9. The third-order valence-electron chi connectivity index (χ3n) is 8.40. The van der Waals surface area contributed by atoms with E-state index in [9.17, 15) is 4.79 Å². The van der Waals surface area contributed by atoms with E-state index in [1.807, 2.05) is 64.6 Å². The first-order chi connectivity index (χ1) is 23.0. The van der Waals surface area contributed by atoms with Gasteiger partial charge in [0, 0.05) is 63.0 Å². The van der Waals surface area contributed by atoms with Gasteiger partial charge in [-0.1, -0.05) is 84.9 Å². The van der Waals surface area contributed by atoms with Gasteiger partial charge in [-0.15, -0.1) is 0 Å². The molecule has 48 heavy (non-hydrogen) atoms. The van der Waals surface area contributed by atoms with E-state index in [1.165, 1.54) is 0 Å². The van der Waals surface area contributed by atoms with Crippen LogP contribution >= 0.6 is 63.7 Å². The van der Waals surface area contributed by atoms with Gasteiger partial charge in [0.05, 0.1) is 5.56 Å². The second-order valence-electron chi connectivity index (χ2n) is 11.9. The molecule has 1 aliphatic rings. The van der Waals surface area contributed by atoms with Gasteiger partial charge < -0.3 is 14.5 Å². The molecule has 0 fully saturated rings. The molecule has 1 heterocycles. The van der Waals surface area contributed by atoms with Crippen LogP contribution in [0.2, 0.25) is 0 Å². The molecule has 0 aliphatic carbocycles. The van der Waals surface area contributed by atoms with Gasteiger partial charge in [-0.05, 0) is 134 Å². The van der Waals surface area contributed by atoms with Crippen molar-refractivity contribution in [3.05, 3.63) is 173 Å². The Hall–Kier alpha value is -3.43. The zero-order valence-corrected chi connectivity index (χ0v) is 33.1.